The van der Waals surface area contributed by atoms with Gasteiger partial charge in [0.15, 0.2) is 11.6 Å². The van der Waals surface area contributed by atoms with E-state index in [1.807, 2.05) is 30.3 Å². The molecule has 0 saturated heterocycles. The van der Waals surface area contributed by atoms with Crippen LogP contribution in [0.4, 0.5) is 8.78 Å². The number of hydrogen-bond acceptors (Lipinski definition) is 3. The lowest BCUT2D eigenvalue weighted by atomic mass is 10.0. The lowest BCUT2D eigenvalue weighted by Crippen LogP contribution is -2.16. The number of para-hydroxylation sites is 1. The molecule has 5 heteroatoms. The Bertz CT molecular complexity index is 1000. The number of carbonyl (C=O) groups is 1. The Morgan fingerprint density at radius 3 is 2.21 bits per heavy atom. The van der Waals surface area contributed by atoms with E-state index >= 15 is 0 Å². The Morgan fingerprint density at radius 1 is 1.00 bits per heavy atom. The fraction of sp³-hybridized carbons (Fsp3) is 0.0870. The first kappa shape index (κ1) is 19.3. The molecule has 3 nitrogen and oxygen atoms in total. The second-order valence-corrected chi connectivity index (χ2v) is 6.05. The molecule has 0 radical (unpaired) electrons. The first-order valence-corrected chi connectivity index (χ1v) is 8.60. The minimum absolute atomic E-state index is 0.0673. The molecule has 0 aliphatic carbocycles. The van der Waals surface area contributed by atoms with Crippen molar-refractivity contribution < 1.29 is 23.0 Å². The summed E-state index contributed by atoms with van der Waals surface area (Å²) in [6.45, 7) is 4.90. The van der Waals surface area contributed by atoms with Crippen LogP contribution in [-0.2, 0) is 6.61 Å². The normalized spacial score (nSPS) is 10.4. The summed E-state index contributed by atoms with van der Waals surface area (Å²) in [6, 6.07) is 17.5. The first-order valence-electron chi connectivity index (χ1n) is 8.60. The highest BCUT2D eigenvalue weighted by molar-refractivity contribution is 5.97. The van der Waals surface area contributed by atoms with E-state index in [0.717, 1.165) is 11.6 Å². The van der Waals surface area contributed by atoms with Crippen LogP contribution in [0.2, 0.25) is 0 Å². The molecule has 0 N–H and O–H groups in total. The topological polar surface area (TPSA) is 35.5 Å². The molecule has 0 aromatic heterocycles. The molecule has 0 bridgehead atoms. The van der Waals surface area contributed by atoms with Gasteiger partial charge in [-0.1, -0.05) is 61.2 Å². The molecule has 0 spiro atoms. The molecule has 3 aromatic carbocycles. The minimum atomic E-state index is -1.14. The van der Waals surface area contributed by atoms with E-state index in [4.69, 9.17) is 9.47 Å². The van der Waals surface area contributed by atoms with Crippen molar-refractivity contribution in [2.45, 2.75) is 13.5 Å². The summed E-state index contributed by atoms with van der Waals surface area (Å²) in [5, 5.41) is 0. The number of carbonyl (C=O) groups excluding carboxylic acids is 1. The summed E-state index contributed by atoms with van der Waals surface area (Å²) >= 11 is 0. The van der Waals surface area contributed by atoms with E-state index in [1.54, 1.807) is 30.3 Å². The van der Waals surface area contributed by atoms with Crippen LogP contribution in [0, 0.1) is 18.6 Å². The molecule has 0 fully saturated rings. The largest absolute Gasteiger partial charge is 0.487 e. The molecule has 3 aromatic rings. The highest BCUT2D eigenvalue weighted by Gasteiger charge is 2.28. The van der Waals surface area contributed by atoms with Crippen molar-refractivity contribution in [2.24, 2.45) is 0 Å². The SMILES string of the molecule is C=Cc1c(F)c(F)c(C)c(C(=O)Oc2ccccc2)c1OCc1ccccc1. The van der Waals surface area contributed by atoms with Gasteiger partial charge in [-0.15, -0.1) is 0 Å². The van der Waals surface area contributed by atoms with Gasteiger partial charge in [0.25, 0.3) is 0 Å². The summed E-state index contributed by atoms with van der Waals surface area (Å²) in [7, 11) is 0. The molecule has 0 atom stereocenters. The lowest BCUT2D eigenvalue weighted by molar-refractivity contribution is 0.0728. The van der Waals surface area contributed by atoms with Crippen molar-refractivity contribution in [3.8, 4) is 11.5 Å². The van der Waals surface area contributed by atoms with Crippen LogP contribution < -0.4 is 9.47 Å². The smallest absolute Gasteiger partial charge is 0.347 e. The van der Waals surface area contributed by atoms with Crippen molar-refractivity contribution in [3.63, 3.8) is 0 Å². The second-order valence-electron chi connectivity index (χ2n) is 6.05. The summed E-state index contributed by atoms with van der Waals surface area (Å²) in [5.74, 6) is -2.91. The van der Waals surface area contributed by atoms with Gasteiger partial charge in [-0.3, -0.25) is 0 Å². The molecular weight excluding hydrogens is 362 g/mol. The van der Waals surface area contributed by atoms with Crippen molar-refractivity contribution >= 4 is 12.0 Å². The van der Waals surface area contributed by atoms with Crippen LogP contribution in [0.3, 0.4) is 0 Å². The highest BCUT2D eigenvalue weighted by Crippen LogP contribution is 2.34. The number of rotatable bonds is 6. The van der Waals surface area contributed by atoms with Gasteiger partial charge in [0, 0.05) is 5.56 Å². The lowest BCUT2D eigenvalue weighted by Gasteiger charge is -2.17. The number of hydrogen-bond donors (Lipinski definition) is 0. The van der Waals surface area contributed by atoms with E-state index in [9.17, 15) is 13.6 Å². The van der Waals surface area contributed by atoms with Gasteiger partial charge in [0.1, 0.15) is 23.7 Å². The Labute approximate surface area is 161 Å². The third-order valence-corrected chi connectivity index (χ3v) is 4.19. The van der Waals surface area contributed by atoms with Crippen LogP contribution in [-0.4, -0.2) is 5.97 Å². The summed E-state index contributed by atoms with van der Waals surface area (Å²) in [6.07, 6.45) is 1.12. The predicted molar refractivity (Wildman–Crippen MR) is 103 cm³/mol. The molecule has 3 rings (SSSR count). The van der Waals surface area contributed by atoms with Gasteiger partial charge in [-0.05, 0) is 24.6 Å². The van der Waals surface area contributed by atoms with Crippen LogP contribution in [0.25, 0.3) is 6.08 Å². The maximum absolute atomic E-state index is 14.4. The van der Waals surface area contributed by atoms with Gasteiger partial charge in [-0.2, -0.15) is 0 Å². The van der Waals surface area contributed by atoms with E-state index < -0.39 is 17.6 Å². The molecular formula is C23H18F2O3. The van der Waals surface area contributed by atoms with Crippen molar-refractivity contribution in [1.82, 2.24) is 0 Å². The molecule has 142 valence electrons. The summed E-state index contributed by atoms with van der Waals surface area (Å²) in [4.78, 5) is 12.8. The Kier molecular flexibility index (Phi) is 5.84. The molecule has 0 unspecified atom stereocenters. The standard InChI is InChI=1S/C23H18F2O3/c1-3-18-21(25)20(24)15(2)19(23(26)28-17-12-8-5-9-13-17)22(18)27-14-16-10-6-4-7-11-16/h3-13H,1,14H2,2H3. The molecule has 0 amide bonds. The molecule has 0 aliphatic rings. The second kappa shape index (κ2) is 8.48. The van der Waals surface area contributed by atoms with Crippen molar-refractivity contribution in [1.29, 1.82) is 0 Å². The zero-order chi connectivity index (χ0) is 20.1. The van der Waals surface area contributed by atoms with Gasteiger partial charge >= 0.3 is 5.97 Å². The molecule has 0 saturated carbocycles. The van der Waals surface area contributed by atoms with E-state index in [-0.39, 0.29) is 34.8 Å². The van der Waals surface area contributed by atoms with E-state index in [1.165, 1.54) is 6.92 Å². The van der Waals surface area contributed by atoms with Crippen LogP contribution in [0.5, 0.6) is 11.5 Å². The average Bonchev–Trinajstić information content (AvgIpc) is 2.72. The molecule has 28 heavy (non-hydrogen) atoms. The monoisotopic (exact) mass is 380 g/mol. The fourth-order valence-electron chi connectivity index (χ4n) is 2.75. The van der Waals surface area contributed by atoms with Crippen molar-refractivity contribution in [2.75, 3.05) is 0 Å². The van der Waals surface area contributed by atoms with Crippen LogP contribution in [0.1, 0.15) is 27.0 Å². The Hall–Kier alpha value is -3.47. The first-order chi connectivity index (χ1) is 13.5. The highest BCUT2D eigenvalue weighted by atomic mass is 19.2. The zero-order valence-electron chi connectivity index (χ0n) is 15.2. The number of ether oxygens (including phenoxy) is 2. The van der Waals surface area contributed by atoms with Crippen LogP contribution in [0.15, 0.2) is 67.2 Å². The average molecular weight is 380 g/mol. The quantitative estimate of drug-likeness (QED) is 0.406. The van der Waals surface area contributed by atoms with E-state index in [0.29, 0.717) is 0 Å². The zero-order valence-corrected chi connectivity index (χ0v) is 15.2. The third-order valence-electron chi connectivity index (χ3n) is 4.19. The van der Waals surface area contributed by atoms with E-state index in [2.05, 4.69) is 6.58 Å². The Morgan fingerprint density at radius 2 is 1.61 bits per heavy atom. The summed E-state index contributed by atoms with van der Waals surface area (Å²) < 4.78 is 39.9. The number of esters is 1. The van der Waals surface area contributed by atoms with Crippen LogP contribution >= 0.6 is 0 Å². The third kappa shape index (κ3) is 3.93. The van der Waals surface area contributed by atoms with Gasteiger partial charge in [-0.25, -0.2) is 13.6 Å². The number of benzene rings is 3. The Balaban J connectivity index is 2.04. The van der Waals surface area contributed by atoms with Crippen molar-refractivity contribution in [3.05, 3.63) is 101 Å². The van der Waals surface area contributed by atoms with Gasteiger partial charge in [0.05, 0.1) is 5.56 Å². The fourth-order valence-corrected chi connectivity index (χ4v) is 2.75. The minimum Gasteiger partial charge on any atom is -0.487 e. The number of halogens is 2. The molecule has 0 heterocycles. The predicted octanol–water partition coefficient (Wildman–Crippen LogP) is 5.71. The summed E-state index contributed by atoms with van der Waals surface area (Å²) in [5.41, 5.74) is 0.224. The maximum atomic E-state index is 14.4. The maximum Gasteiger partial charge on any atom is 0.347 e. The van der Waals surface area contributed by atoms with Gasteiger partial charge in [0.2, 0.25) is 0 Å². The molecule has 0 aliphatic heterocycles. The van der Waals surface area contributed by atoms with Gasteiger partial charge < -0.3 is 9.47 Å².